The number of rotatable bonds is 7. The minimum absolute atomic E-state index is 0.0167. The molecule has 1 heterocycles. The van der Waals surface area contributed by atoms with Crippen molar-refractivity contribution in [1.29, 1.82) is 0 Å². The molecule has 3 aromatic rings. The Balaban J connectivity index is 2.03. The Morgan fingerprint density at radius 2 is 1.83 bits per heavy atom. The maximum absolute atomic E-state index is 12.6. The second kappa shape index (κ2) is 8.48. The summed E-state index contributed by atoms with van der Waals surface area (Å²) in [4.78, 5) is 13.2. The Morgan fingerprint density at radius 3 is 2.48 bits per heavy atom. The van der Waals surface area contributed by atoms with Gasteiger partial charge in [-0.1, -0.05) is 31.5 Å². The van der Waals surface area contributed by atoms with Crippen LogP contribution in [0.3, 0.4) is 0 Å². The first-order chi connectivity index (χ1) is 13.8. The summed E-state index contributed by atoms with van der Waals surface area (Å²) in [6, 6.07) is 14.6. The van der Waals surface area contributed by atoms with Crippen LogP contribution in [-0.2, 0) is 23.5 Å². The molecule has 0 radical (unpaired) electrons. The summed E-state index contributed by atoms with van der Waals surface area (Å²) in [5, 5.41) is 14.5. The highest BCUT2D eigenvalue weighted by atomic mass is 32.2. The van der Waals surface area contributed by atoms with E-state index >= 15 is 0 Å². The fraction of sp³-hybridized carbons (Fsp3) is 0.238. The predicted molar refractivity (Wildman–Crippen MR) is 111 cm³/mol. The van der Waals surface area contributed by atoms with Gasteiger partial charge in [0.05, 0.1) is 21.3 Å². The van der Waals surface area contributed by atoms with E-state index in [1.54, 1.807) is 0 Å². The lowest BCUT2D eigenvalue weighted by Gasteiger charge is -2.13. The van der Waals surface area contributed by atoms with Gasteiger partial charge in [0.2, 0.25) is 0 Å². The summed E-state index contributed by atoms with van der Waals surface area (Å²) in [5.41, 5.74) is 2.04. The average molecular weight is 413 g/mol. The molecule has 29 heavy (non-hydrogen) atoms. The summed E-state index contributed by atoms with van der Waals surface area (Å²) >= 11 is 0. The number of aryl methyl sites for hydroxylation is 2. The third-order valence-corrected chi connectivity index (χ3v) is 5.98. The summed E-state index contributed by atoms with van der Waals surface area (Å²) < 4.78 is 27.3. The Labute approximate surface area is 169 Å². The quantitative estimate of drug-likeness (QED) is 0.582. The SMILES string of the molecule is CCCCc1c/c(=N/NS(=O)(=O)c2ccc(C(=O)O)cc2)c2ccccc2n1C. The molecular formula is C21H23N3O4S. The number of hydrogen-bond acceptors (Lipinski definition) is 4. The normalized spacial score (nSPS) is 12.3. The van der Waals surface area contributed by atoms with Gasteiger partial charge < -0.3 is 9.67 Å². The highest BCUT2D eigenvalue weighted by molar-refractivity contribution is 7.89. The molecular weight excluding hydrogens is 390 g/mol. The van der Waals surface area contributed by atoms with Gasteiger partial charge in [-0.05, 0) is 49.2 Å². The van der Waals surface area contributed by atoms with E-state index in [1.807, 2.05) is 37.4 Å². The monoisotopic (exact) mass is 413 g/mol. The number of pyridine rings is 1. The van der Waals surface area contributed by atoms with Crippen LogP contribution in [-0.4, -0.2) is 24.1 Å². The zero-order valence-corrected chi connectivity index (χ0v) is 17.1. The molecule has 0 aliphatic carbocycles. The molecule has 152 valence electrons. The molecule has 0 aliphatic rings. The zero-order chi connectivity index (χ0) is 21.0. The number of aromatic nitrogens is 1. The molecule has 0 saturated heterocycles. The smallest absolute Gasteiger partial charge is 0.335 e. The van der Waals surface area contributed by atoms with Crippen LogP contribution < -0.4 is 10.2 Å². The molecule has 1 aromatic heterocycles. The number of sulfonamides is 1. The third-order valence-electron chi connectivity index (χ3n) is 4.76. The van der Waals surface area contributed by atoms with Gasteiger partial charge in [0.15, 0.2) is 0 Å². The standard InChI is InChI=1S/C21H23N3O4S/c1-3-4-7-16-14-19(18-8-5-6-9-20(18)24(16)2)22-23-29(27,28)17-12-10-15(11-13-17)21(25)26/h5-6,8-14,23H,3-4,7H2,1-2H3,(H,25,26)/b22-19-. The number of hydrogen-bond donors (Lipinski definition) is 2. The Hall–Kier alpha value is -3.13. The Bertz CT molecular complexity index is 1210. The van der Waals surface area contributed by atoms with E-state index < -0.39 is 16.0 Å². The van der Waals surface area contributed by atoms with E-state index in [1.165, 1.54) is 24.3 Å². The topological polar surface area (TPSA) is 101 Å². The molecule has 0 aliphatic heterocycles. The van der Waals surface area contributed by atoms with Gasteiger partial charge in [0.25, 0.3) is 10.0 Å². The van der Waals surface area contributed by atoms with Crippen molar-refractivity contribution in [3.8, 4) is 0 Å². The van der Waals surface area contributed by atoms with Gasteiger partial charge in [-0.2, -0.15) is 18.4 Å². The number of carboxylic acids is 1. The van der Waals surface area contributed by atoms with Crippen LogP contribution in [0.2, 0.25) is 0 Å². The number of carboxylic acid groups (broad SMARTS) is 1. The molecule has 3 rings (SSSR count). The van der Waals surface area contributed by atoms with Crippen molar-refractivity contribution < 1.29 is 18.3 Å². The molecule has 2 aromatic carbocycles. The highest BCUT2D eigenvalue weighted by Crippen LogP contribution is 2.14. The second-order valence-electron chi connectivity index (χ2n) is 6.74. The van der Waals surface area contributed by atoms with E-state index in [0.717, 1.165) is 35.9 Å². The molecule has 0 saturated carbocycles. The average Bonchev–Trinajstić information content (AvgIpc) is 2.72. The maximum atomic E-state index is 12.6. The van der Waals surface area contributed by atoms with Crippen molar-refractivity contribution in [1.82, 2.24) is 9.40 Å². The largest absolute Gasteiger partial charge is 0.478 e. The number of fused-ring (bicyclic) bond motifs is 1. The van der Waals surface area contributed by atoms with Gasteiger partial charge in [0.1, 0.15) is 0 Å². The van der Waals surface area contributed by atoms with Gasteiger partial charge in [-0.15, -0.1) is 0 Å². The number of aromatic carboxylic acids is 1. The van der Waals surface area contributed by atoms with E-state index in [9.17, 15) is 13.2 Å². The van der Waals surface area contributed by atoms with Crippen LogP contribution in [0.5, 0.6) is 0 Å². The summed E-state index contributed by atoms with van der Waals surface area (Å²) in [6.45, 7) is 2.12. The van der Waals surface area contributed by atoms with Crippen molar-refractivity contribution >= 4 is 26.9 Å². The fourth-order valence-electron chi connectivity index (χ4n) is 3.10. The van der Waals surface area contributed by atoms with Crippen LogP contribution in [0, 0.1) is 0 Å². The molecule has 0 amide bonds. The molecule has 8 heteroatoms. The molecule has 0 atom stereocenters. The van der Waals surface area contributed by atoms with Crippen LogP contribution in [0.25, 0.3) is 10.9 Å². The summed E-state index contributed by atoms with van der Waals surface area (Å²) in [6.07, 6.45) is 2.94. The number of carbonyl (C=O) groups is 1. The van der Waals surface area contributed by atoms with Crippen LogP contribution >= 0.6 is 0 Å². The fourth-order valence-corrected chi connectivity index (χ4v) is 3.92. The van der Waals surface area contributed by atoms with E-state index in [0.29, 0.717) is 5.36 Å². The second-order valence-corrected chi connectivity index (χ2v) is 8.40. The van der Waals surface area contributed by atoms with Crippen molar-refractivity contribution in [3.05, 3.63) is 71.2 Å². The minimum atomic E-state index is -3.93. The molecule has 0 bridgehead atoms. The molecule has 2 N–H and O–H groups in total. The first-order valence-corrected chi connectivity index (χ1v) is 10.8. The Morgan fingerprint density at radius 1 is 1.14 bits per heavy atom. The number of para-hydroxylation sites is 1. The number of nitrogens with one attached hydrogen (secondary N) is 1. The van der Waals surface area contributed by atoms with Crippen molar-refractivity contribution in [3.63, 3.8) is 0 Å². The van der Waals surface area contributed by atoms with Crippen LogP contribution in [0.1, 0.15) is 35.8 Å². The van der Waals surface area contributed by atoms with Gasteiger partial charge in [0, 0.05) is 18.1 Å². The maximum Gasteiger partial charge on any atom is 0.335 e. The third kappa shape index (κ3) is 4.48. The number of unbranched alkanes of at least 4 members (excludes halogenated alkanes) is 1. The molecule has 0 spiro atoms. The highest BCUT2D eigenvalue weighted by Gasteiger charge is 2.14. The van der Waals surface area contributed by atoms with Crippen molar-refractivity contribution in [2.45, 2.75) is 31.1 Å². The predicted octanol–water partition coefficient (Wildman–Crippen LogP) is 3.01. The van der Waals surface area contributed by atoms with E-state index in [-0.39, 0.29) is 10.5 Å². The number of benzene rings is 2. The Kier molecular flexibility index (Phi) is 6.03. The lowest BCUT2D eigenvalue weighted by molar-refractivity contribution is 0.0696. The van der Waals surface area contributed by atoms with Gasteiger partial charge >= 0.3 is 5.97 Å². The first kappa shape index (κ1) is 20.6. The number of nitrogens with zero attached hydrogens (tertiary/aromatic N) is 2. The summed E-state index contributed by atoms with van der Waals surface area (Å²) in [5.74, 6) is -1.12. The van der Waals surface area contributed by atoms with Gasteiger partial charge in [-0.3, -0.25) is 0 Å². The minimum Gasteiger partial charge on any atom is -0.478 e. The summed E-state index contributed by atoms with van der Waals surface area (Å²) in [7, 11) is -1.93. The van der Waals surface area contributed by atoms with E-state index in [2.05, 4.69) is 21.4 Å². The van der Waals surface area contributed by atoms with Crippen molar-refractivity contribution in [2.24, 2.45) is 12.1 Å². The van der Waals surface area contributed by atoms with Gasteiger partial charge in [-0.25, -0.2) is 4.79 Å². The first-order valence-electron chi connectivity index (χ1n) is 9.30. The van der Waals surface area contributed by atoms with Crippen LogP contribution in [0.4, 0.5) is 0 Å². The zero-order valence-electron chi connectivity index (χ0n) is 16.3. The van der Waals surface area contributed by atoms with E-state index in [4.69, 9.17) is 5.11 Å². The molecule has 0 fully saturated rings. The lowest BCUT2D eigenvalue weighted by atomic mass is 10.1. The van der Waals surface area contributed by atoms with Crippen LogP contribution in [0.15, 0.2) is 64.6 Å². The lowest BCUT2D eigenvalue weighted by Crippen LogP contribution is -2.23. The molecule has 7 nitrogen and oxygen atoms in total. The molecule has 0 unspecified atom stereocenters. The van der Waals surface area contributed by atoms with Crippen molar-refractivity contribution in [2.75, 3.05) is 0 Å².